The molecule has 1 aromatic carbocycles. The fourth-order valence-corrected chi connectivity index (χ4v) is 2.47. The van der Waals surface area contributed by atoms with E-state index in [-0.39, 0.29) is 5.91 Å². The monoisotopic (exact) mass is 335 g/mol. The van der Waals surface area contributed by atoms with Gasteiger partial charge in [0, 0.05) is 19.2 Å². The Balaban J connectivity index is 1.99. The van der Waals surface area contributed by atoms with E-state index in [9.17, 15) is 4.79 Å². The summed E-state index contributed by atoms with van der Waals surface area (Å²) in [5, 5.41) is 0. The number of aryl methyl sites for hydroxylation is 1. The lowest BCUT2D eigenvalue weighted by Gasteiger charge is -2.16. The van der Waals surface area contributed by atoms with E-state index < -0.39 is 0 Å². The summed E-state index contributed by atoms with van der Waals surface area (Å²) in [5.41, 5.74) is 1.88. The normalized spacial score (nSPS) is 10.6. The van der Waals surface area contributed by atoms with Gasteiger partial charge in [0.05, 0.1) is 12.5 Å². The second-order valence-corrected chi connectivity index (χ2v) is 5.75. The summed E-state index contributed by atoms with van der Waals surface area (Å²) >= 11 is 5.81. The number of alkyl halides is 1. The van der Waals surface area contributed by atoms with Crippen LogP contribution in [0.5, 0.6) is 5.75 Å². The van der Waals surface area contributed by atoms with Gasteiger partial charge in [0.25, 0.3) is 5.91 Å². The van der Waals surface area contributed by atoms with Crippen LogP contribution in [0.3, 0.4) is 0 Å². The highest BCUT2D eigenvalue weighted by Crippen LogP contribution is 2.19. The molecule has 5 heteroatoms. The van der Waals surface area contributed by atoms with Gasteiger partial charge in [-0.05, 0) is 37.1 Å². The minimum absolute atomic E-state index is 0.157. The first-order chi connectivity index (χ1) is 11.0. The molecule has 0 saturated carbocycles. The molecule has 0 bridgehead atoms. The lowest BCUT2D eigenvalue weighted by atomic mass is 10.2. The van der Waals surface area contributed by atoms with Gasteiger partial charge < -0.3 is 14.1 Å². The van der Waals surface area contributed by atoms with Crippen LogP contribution in [-0.4, -0.2) is 24.5 Å². The molecule has 0 radical (unpaired) electrons. The van der Waals surface area contributed by atoms with E-state index >= 15 is 0 Å². The van der Waals surface area contributed by atoms with Crippen LogP contribution in [0.4, 0.5) is 0 Å². The molecular weight excluding hydrogens is 314 g/mol. The molecule has 0 spiro atoms. The van der Waals surface area contributed by atoms with Crippen molar-refractivity contribution in [2.75, 3.05) is 13.7 Å². The molecule has 2 rings (SSSR count). The van der Waals surface area contributed by atoms with E-state index in [0.29, 0.717) is 30.6 Å². The fourth-order valence-electron chi connectivity index (χ4n) is 2.20. The SMILES string of the molecule is CCCOc1ccc(CN(C)C(=O)c2cc(CCl)c(C)o2)cc1. The third-order valence-corrected chi connectivity index (χ3v) is 3.83. The largest absolute Gasteiger partial charge is 0.494 e. The Kier molecular flexibility index (Phi) is 6.11. The number of benzene rings is 1. The number of carbonyl (C=O) groups excluding carboxylic acids is 1. The molecule has 0 N–H and O–H groups in total. The molecule has 4 nitrogen and oxygen atoms in total. The smallest absolute Gasteiger partial charge is 0.289 e. The zero-order valence-electron chi connectivity index (χ0n) is 13.8. The van der Waals surface area contributed by atoms with Gasteiger partial charge in [0.15, 0.2) is 5.76 Å². The van der Waals surface area contributed by atoms with E-state index in [2.05, 4.69) is 6.92 Å². The van der Waals surface area contributed by atoms with Crippen LogP contribution in [0.25, 0.3) is 0 Å². The zero-order valence-corrected chi connectivity index (χ0v) is 14.5. The number of hydrogen-bond acceptors (Lipinski definition) is 3. The molecule has 1 aromatic heterocycles. The summed E-state index contributed by atoms with van der Waals surface area (Å²) < 4.78 is 11.0. The predicted octanol–water partition coefficient (Wildman–Crippen LogP) is 4.39. The van der Waals surface area contributed by atoms with Crippen LogP contribution >= 0.6 is 11.6 Å². The topological polar surface area (TPSA) is 42.7 Å². The van der Waals surface area contributed by atoms with Crippen LogP contribution in [0.2, 0.25) is 0 Å². The van der Waals surface area contributed by atoms with Gasteiger partial charge >= 0.3 is 0 Å². The highest BCUT2D eigenvalue weighted by Gasteiger charge is 2.18. The second-order valence-electron chi connectivity index (χ2n) is 5.48. The maximum Gasteiger partial charge on any atom is 0.289 e. The first-order valence-corrected chi connectivity index (χ1v) is 8.21. The summed E-state index contributed by atoms with van der Waals surface area (Å²) in [4.78, 5) is 14.0. The number of furan rings is 1. The molecule has 1 amide bonds. The van der Waals surface area contributed by atoms with Crippen molar-refractivity contribution in [3.05, 3.63) is 53.0 Å². The number of nitrogens with zero attached hydrogens (tertiary/aromatic N) is 1. The van der Waals surface area contributed by atoms with Gasteiger partial charge in [-0.2, -0.15) is 0 Å². The Bertz CT molecular complexity index is 649. The van der Waals surface area contributed by atoms with Crippen molar-refractivity contribution in [2.24, 2.45) is 0 Å². The second kappa shape index (κ2) is 8.06. The molecule has 0 aliphatic heterocycles. The molecule has 0 aliphatic rings. The summed E-state index contributed by atoms with van der Waals surface area (Å²) in [6.45, 7) is 5.09. The minimum Gasteiger partial charge on any atom is -0.494 e. The van der Waals surface area contributed by atoms with Crippen molar-refractivity contribution in [2.45, 2.75) is 32.7 Å². The molecule has 2 aromatic rings. The number of halogens is 1. The maximum absolute atomic E-state index is 12.4. The Hall–Kier alpha value is -1.94. The molecule has 0 fully saturated rings. The van der Waals surface area contributed by atoms with E-state index in [4.69, 9.17) is 20.8 Å². The van der Waals surface area contributed by atoms with E-state index in [0.717, 1.165) is 23.3 Å². The van der Waals surface area contributed by atoms with Crippen molar-refractivity contribution in [1.29, 1.82) is 0 Å². The van der Waals surface area contributed by atoms with Gasteiger partial charge in [-0.15, -0.1) is 11.6 Å². The molecule has 0 saturated heterocycles. The van der Waals surface area contributed by atoms with Crippen molar-refractivity contribution < 1.29 is 13.9 Å². The van der Waals surface area contributed by atoms with Crippen LogP contribution < -0.4 is 4.74 Å². The average molecular weight is 336 g/mol. The van der Waals surface area contributed by atoms with Crippen molar-refractivity contribution in [3.8, 4) is 5.75 Å². The molecule has 0 unspecified atom stereocenters. The quantitative estimate of drug-likeness (QED) is 0.705. The minimum atomic E-state index is -0.157. The predicted molar refractivity (Wildman–Crippen MR) is 91.0 cm³/mol. The fraction of sp³-hybridized carbons (Fsp3) is 0.389. The van der Waals surface area contributed by atoms with E-state index in [1.165, 1.54) is 0 Å². The first-order valence-electron chi connectivity index (χ1n) is 7.67. The lowest BCUT2D eigenvalue weighted by molar-refractivity contribution is 0.0752. The van der Waals surface area contributed by atoms with E-state index in [1.807, 2.05) is 31.2 Å². The zero-order chi connectivity index (χ0) is 16.8. The van der Waals surface area contributed by atoms with Gasteiger partial charge in [-0.1, -0.05) is 19.1 Å². The molecule has 0 atom stereocenters. The number of hydrogen-bond donors (Lipinski definition) is 0. The lowest BCUT2D eigenvalue weighted by Crippen LogP contribution is -2.25. The average Bonchev–Trinajstić information content (AvgIpc) is 2.94. The summed E-state index contributed by atoms with van der Waals surface area (Å²) in [7, 11) is 1.75. The Labute approximate surface area is 142 Å². The molecule has 1 heterocycles. The van der Waals surface area contributed by atoms with Gasteiger partial charge in [-0.3, -0.25) is 4.79 Å². The van der Waals surface area contributed by atoms with Crippen molar-refractivity contribution in [3.63, 3.8) is 0 Å². The van der Waals surface area contributed by atoms with Crippen LogP contribution in [0.15, 0.2) is 34.7 Å². The van der Waals surface area contributed by atoms with Crippen molar-refractivity contribution >= 4 is 17.5 Å². The highest BCUT2D eigenvalue weighted by molar-refractivity contribution is 6.17. The third kappa shape index (κ3) is 4.52. The van der Waals surface area contributed by atoms with Gasteiger partial charge in [0.2, 0.25) is 0 Å². The van der Waals surface area contributed by atoms with E-state index in [1.54, 1.807) is 18.0 Å². The molecule has 23 heavy (non-hydrogen) atoms. The number of ether oxygens (including phenoxy) is 1. The Morgan fingerprint density at radius 1 is 1.30 bits per heavy atom. The summed E-state index contributed by atoms with van der Waals surface area (Å²) in [6.07, 6.45) is 0.978. The van der Waals surface area contributed by atoms with Crippen LogP contribution in [0, 0.1) is 6.92 Å². The molecule has 124 valence electrons. The van der Waals surface area contributed by atoms with Crippen LogP contribution in [0.1, 0.15) is 40.8 Å². The highest BCUT2D eigenvalue weighted by atomic mass is 35.5. The van der Waals surface area contributed by atoms with Crippen molar-refractivity contribution in [1.82, 2.24) is 4.90 Å². The number of rotatable bonds is 7. The Morgan fingerprint density at radius 2 is 2.00 bits per heavy atom. The molecule has 0 aliphatic carbocycles. The van der Waals surface area contributed by atoms with Crippen LogP contribution in [-0.2, 0) is 12.4 Å². The first kappa shape index (κ1) is 17.4. The third-order valence-electron chi connectivity index (χ3n) is 3.54. The maximum atomic E-state index is 12.4. The number of carbonyl (C=O) groups is 1. The van der Waals surface area contributed by atoms with Gasteiger partial charge in [-0.25, -0.2) is 0 Å². The summed E-state index contributed by atoms with van der Waals surface area (Å²) in [5.74, 6) is 2.04. The molecular formula is C18H22ClNO3. The number of amides is 1. The van der Waals surface area contributed by atoms with Gasteiger partial charge in [0.1, 0.15) is 11.5 Å². The summed E-state index contributed by atoms with van der Waals surface area (Å²) in [6, 6.07) is 9.49. The Morgan fingerprint density at radius 3 is 2.57 bits per heavy atom. The standard InChI is InChI=1S/C18H22ClNO3/c1-4-9-22-16-7-5-14(6-8-16)12-20(3)18(21)17-10-15(11-19)13(2)23-17/h5-8,10H,4,9,11-12H2,1-3H3.